The van der Waals surface area contributed by atoms with Crippen molar-refractivity contribution in [1.29, 1.82) is 0 Å². The minimum Gasteiger partial charge on any atom is -0.289 e. The first-order valence-electron chi connectivity index (χ1n) is 3.27. The standard InChI is InChI=1S/C9H6BrIO/c1-2-9(12)7-5-6(11)3-4-8(7)10/h2-5H,1H2. The molecule has 0 saturated heterocycles. The number of rotatable bonds is 2. The van der Waals surface area contributed by atoms with Gasteiger partial charge in [-0.25, -0.2) is 0 Å². The Hall–Kier alpha value is -0.160. The fourth-order valence-electron chi connectivity index (χ4n) is 0.796. The summed E-state index contributed by atoms with van der Waals surface area (Å²) in [6, 6.07) is 5.62. The summed E-state index contributed by atoms with van der Waals surface area (Å²) < 4.78 is 1.86. The lowest BCUT2D eigenvalue weighted by Crippen LogP contribution is -1.95. The summed E-state index contributed by atoms with van der Waals surface area (Å²) >= 11 is 5.46. The molecule has 1 aromatic rings. The molecule has 0 fully saturated rings. The van der Waals surface area contributed by atoms with E-state index < -0.39 is 0 Å². The molecule has 0 saturated carbocycles. The van der Waals surface area contributed by atoms with E-state index in [1.807, 2.05) is 18.2 Å². The van der Waals surface area contributed by atoms with Crippen LogP contribution in [0, 0.1) is 3.57 Å². The molecule has 0 aliphatic carbocycles. The molecular weight excluding hydrogens is 331 g/mol. The fourth-order valence-corrected chi connectivity index (χ4v) is 1.73. The monoisotopic (exact) mass is 336 g/mol. The van der Waals surface area contributed by atoms with Crippen LogP contribution in [0.5, 0.6) is 0 Å². The second-order valence-corrected chi connectivity index (χ2v) is 4.29. The van der Waals surface area contributed by atoms with E-state index in [1.165, 1.54) is 6.08 Å². The van der Waals surface area contributed by atoms with Gasteiger partial charge in [-0.15, -0.1) is 0 Å². The van der Waals surface area contributed by atoms with E-state index in [1.54, 1.807) is 0 Å². The Morgan fingerprint density at radius 3 is 2.83 bits per heavy atom. The van der Waals surface area contributed by atoms with Crippen molar-refractivity contribution in [2.45, 2.75) is 0 Å². The van der Waals surface area contributed by atoms with Crippen LogP contribution in [0.3, 0.4) is 0 Å². The van der Waals surface area contributed by atoms with Crippen LogP contribution in [0.1, 0.15) is 10.4 Å². The molecule has 0 bridgehead atoms. The van der Waals surface area contributed by atoms with Gasteiger partial charge in [0.2, 0.25) is 0 Å². The van der Waals surface area contributed by atoms with Crippen molar-refractivity contribution in [2.24, 2.45) is 0 Å². The fraction of sp³-hybridized carbons (Fsp3) is 0. The van der Waals surface area contributed by atoms with E-state index in [-0.39, 0.29) is 5.78 Å². The Balaban J connectivity index is 3.22. The van der Waals surface area contributed by atoms with Gasteiger partial charge in [0, 0.05) is 13.6 Å². The van der Waals surface area contributed by atoms with Crippen molar-refractivity contribution in [3.05, 3.63) is 44.5 Å². The predicted molar refractivity (Wildman–Crippen MR) is 61.4 cm³/mol. The second kappa shape index (κ2) is 4.18. The van der Waals surface area contributed by atoms with Gasteiger partial charge < -0.3 is 0 Å². The number of carbonyl (C=O) groups is 1. The Labute approximate surface area is 93.1 Å². The third-order valence-electron chi connectivity index (χ3n) is 1.38. The summed E-state index contributed by atoms with van der Waals surface area (Å²) in [5.74, 6) is -0.0552. The summed E-state index contributed by atoms with van der Waals surface area (Å²) in [6.07, 6.45) is 1.32. The van der Waals surface area contributed by atoms with Crippen molar-refractivity contribution in [3.8, 4) is 0 Å². The zero-order valence-corrected chi connectivity index (χ0v) is 9.92. The van der Waals surface area contributed by atoms with Crippen molar-refractivity contribution in [1.82, 2.24) is 0 Å². The first-order chi connectivity index (χ1) is 5.65. The Morgan fingerprint density at radius 2 is 2.25 bits per heavy atom. The van der Waals surface area contributed by atoms with Crippen molar-refractivity contribution >= 4 is 44.3 Å². The molecule has 0 heterocycles. The van der Waals surface area contributed by atoms with Gasteiger partial charge in [0.15, 0.2) is 5.78 Å². The minimum absolute atomic E-state index is 0.0552. The molecule has 1 nitrogen and oxygen atoms in total. The van der Waals surface area contributed by atoms with Gasteiger partial charge in [0.05, 0.1) is 0 Å². The summed E-state index contributed by atoms with van der Waals surface area (Å²) in [7, 11) is 0. The average Bonchev–Trinajstić information content (AvgIpc) is 2.08. The molecule has 0 radical (unpaired) electrons. The van der Waals surface area contributed by atoms with E-state index in [0.29, 0.717) is 5.56 Å². The number of carbonyl (C=O) groups excluding carboxylic acids is 1. The van der Waals surface area contributed by atoms with E-state index in [9.17, 15) is 4.79 Å². The lowest BCUT2D eigenvalue weighted by molar-refractivity contribution is 0.104. The first-order valence-corrected chi connectivity index (χ1v) is 5.14. The zero-order valence-electron chi connectivity index (χ0n) is 6.18. The summed E-state index contributed by atoms with van der Waals surface area (Å²) in [6.45, 7) is 3.43. The zero-order chi connectivity index (χ0) is 9.14. The van der Waals surface area contributed by atoms with E-state index in [0.717, 1.165) is 8.04 Å². The number of allylic oxidation sites excluding steroid dienone is 1. The lowest BCUT2D eigenvalue weighted by atomic mass is 10.1. The van der Waals surface area contributed by atoms with Crippen LogP contribution in [0.25, 0.3) is 0 Å². The molecule has 0 aliphatic rings. The molecule has 0 aliphatic heterocycles. The SMILES string of the molecule is C=CC(=O)c1cc(I)ccc1Br. The van der Waals surface area contributed by atoms with Crippen LogP contribution >= 0.6 is 38.5 Å². The van der Waals surface area contributed by atoms with Gasteiger partial charge in [-0.2, -0.15) is 0 Å². The van der Waals surface area contributed by atoms with Crippen LogP contribution < -0.4 is 0 Å². The smallest absolute Gasteiger partial charge is 0.186 e. The third-order valence-corrected chi connectivity index (χ3v) is 2.74. The molecule has 0 N–H and O–H groups in total. The molecule has 0 amide bonds. The summed E-state index contributed by atoms with van der Waals surface area (Å²) in [5.41, 5.74) is 0.664. The van der Waals surface area contributed by atoms with Gasteiger partial charge >= 0.3 is 0 Å². The highest BCUT2D eigenvalue weighted by Gasteiger charge is 2.05. The van der Waals surface area contributed by atoms with E-state index in [2.05, 4.69) is 45.1 Å². The highest BCUT2D eigenvalue weighted by molar-refractivity contribution is 14.1. The Bertz CT molecular complexity index is 333. The number of benzene rings is 1. The first kappa shape index (κ1) is 9.92. The maximum atomic E-state index is 11.2. The molecule has 62 valence electrons. The van der Waals surface area contributed by atoms with E-state index >= 15 is 0 Å². The van der Waals surface area contributed by atoms with Gasteiger partial charge in [-0.1, -0.05) is 22.5 Å². The molecule has 0 atom stereocenters. The molecule has 0 aromatic heterocycles. The van der Waals surface area contributed by atoms with Gasteiger partial charge in [-0.3, -0.25) is 4.79 Å². The Morgan fingerprint density at radius 1 is 1.58 bits per heavy atom. The molecule has 12 heavy (non-hydrogen) atoms. The number of halogens is 2. The molecule has 1 aromatic carbocycles. The van der Waals surface area contributed by atoms with Crippen molar-refractivity contribution in [3.63, 3.8) is 0 Å². The summed E-state index contributed by atoms with van der Waals surface area (Å²) in [5, 5.41) is 0. The molecule has 3 heteroatoms. The van der Waals surface area contributed by atoms with E-state index in [4.69, 9.17) is 0 Å². The molecular formula is C9H6BrIO. The minimum atomic E-state index is -0.0552. The van der Waals surface area contributed by atoms with Crippen LogP contribution in [0.2, 0.25) is 0 Å². The van der Waals surface area contributed by atoms with Gasteiger partial charge in [0.25, 0.3) is 0 Å². The summed E-state index contributed by atoms with van der Waals surface area (Å²) in [4.78, 5) is 11.2. The topological polar surface area (TPSA) is 17.1 Å². The van der Waals surface area contributed by atoms with Crippen molar-refractivity contribution in [2.75, 3.05) is 0 Å². The van der Waals surface area contributed by atoms with Gasteiger partial charge in [-0.05, 0) is 46.9 Å². The average molecular weight is 337 g/mol. The molecule has 0 unspecified atom stereocenters. The van der Waals surface area contributed by atoms with Crippen LogP contribution in [0.4, 0.5) is 0 Å². The number of hydrogen-bond acceptors (Lipinski definition) is 1. The molecule has 1 rings (SSSR count). The Kier molecular flexibility index (Phi) is 3.46. The number of hydrogen-bond donors (Lipinski definition) is 0. The third kappa shape index (κ3) is 2.17. The number of ketones is 1. The van der Waals surface area contributed by atoms with Crippen LogP contribution in [0.15, 0.2) is 35.3 Å². The van der Waals surface area contributed by atoms with Crippen molar-refractivity contribution < 1.29 is 4.79 Å². The highest BCUT2D eigenvalue weighted by Crippen LogP contribution is 2.19. The maximum Gasteiger partial charge on any atom is 0.186 e. The predicted octanol–water partition coefficient (Wildman–Crippen LogP) is 3.42. The quantitative estimate of drug-likeness (QED) is 0.459. The largest absolute Gasteiger partial charge is 0.289 e. The highest BCUT2D eigenvalue weighted by atomic mass is 127. The lowest BCUT2D eigenvalue weighted by Gasteiger charge is -1.99. The van der Waals surface area contributed by atoms with Crippen LogP contribution in [-0.4, -0.2) is 5.78 Å². The molecule has 0 spiro atoms. The maximum absolute atomic E-state index is 11.2. The second-order valence-electron chi connectivity index (χ2n) is 2.19. The van der Waals surface area contributed by atoms with Gasteiger partial charge in [0.1, 0.15) is 0 Å². The normalized spacial score (nSPS) is 9.50. The van der Waals surface area contributed by atoms with Crippen LogP contribution in [-0.2, 0) is 0 Å².